The molecule has 0 spiro atoms. The molecule has 0 aliphatic rings. The molecule has 0 amide bonds. The van der Waals surface area contributed by atoms with E-state index in [1.54, 1.807) is 13.2 Å². The Labute approximate surface area is 109 Å². The largest absolute Gasteiger partial charge is 0.496 e. The molecule has 2 aromatic rings. The van der Waals surface area contributed by atoms with Gasteiger partial charge in [0, 0.05) is 15.5 Å². The molecule has 0 atom stereocenters. The lowest BCUT2D eigenvalue weighted by Crippen LogP contribution is -1.90. The zero-order valence-corrected chi connectivity index (χ0v) is 11.1. The van der Waals surface area contributed by atoms with E-state index in [9.17, 15) is 4.79 Å². The maximum atomic E-state index is 10.7. The lowest BCUT2D eigenvalue weighted by Gasteiger charge is -2.10. The third-order valence-electron chi connectivity index (χ3n) is 2.45. The summed E-state index contributed by atoms with van der Waals surface area (Å²) in [6.45, 7) is 1.95. The number of thiophene rings is 1. The summed E-state index contributed by atoms with van der Waals surface area (Å²) in [5.74, 6) is 0.800. The van der Waals surface area contributed by atoms with Gasteiger partial charge in [0.05, 0.1) is 12.0 Å². The van der Waals surface area contributed by atoms with Crippen molar-refractivity contribution in [2.45, 2.75) is 6.92 Å². The van der Waals surface area contributed by atoms with Gasteiger partial charge in [-0.25, -0.2) is 0 Å². The van der Waals surface area contributed by atoms with Gasteiger partial charge in [-0.2, -0.15) is 0 Å². The van der Waals surface area contributed by atoms with E-state index < -0.39 is 0 Å². The third kappa shape index (κ3) is 2.35. The minimum atomic E-state index is 0.666. The number of aryl methyl sites for hydroxylation is 1. The Kier molecular flexibility index (Phi) is 3.50. The lowest BCUT2D eigenvalue weighted by molar-refractivity contribution is 0.112. The summed E-state index contributed by atoms with van der Waals surface area (Å²) in [5.41, 5.74) is 1.91. The van der Waals surface area contributed by atoms with Crippen LogP contribution in [0.4, 0.5) is 0 Å². The topological polar surface area (TPSA) is 26.3 Å². The molecule has 1 aromatic carbocycles. The van der Waals surface area contributed by atoms with Crippen molar-refractivity contribution < 1.29 is 9.53 Å². The summed E-state index contributed by atoms with van der Waals surface area (Å²) >= 11 is 7.48. The first-order valence-electron chi connectivity index (χ1n) is 5.05. The van der Waals surface area contributed by atoms with Crippen molar-refractivity contribution in [3.63, 3.8) is 0 Å². The zero-order chi connectivity index (χ0) is 12.4. The monoisotopic (exact) mass is 266 g/mol. The van der Waals surface area contributed by atoms with E-state index in [1.165, 1.54) is 11.3 Å². The minimum absolute atomic E-state index is 0.666. The number of aldehydes is 1. The van der Waals surface area contributed by atoms with Crippen LogP contribution in [-0.2, 0) is 0 Å². The Morgan fingerprint density at radius 1 is 1.35 bits per heavy atom. The molecule has 2 nitrogen and oxygen atoms in total. The van der Waals surface area contributed by atoms with Crippen molar-refractivity contribution in [3.8, 4) is 16.2 Å². The molecule has 17 heavy (non-hydrogen) atoms. The van der Waals surface area contributed by atoms with Gasteiger partial charge in [-0.1, -0.05) is 11.6 Å². The molecule has 1 aromatic heterocycles. The van der Waals surface area contributed by atoms with Crippen LogP contribution in [0.2, 0.25) is 5.02 Å². The molecule has 0 N–H and O–H groups in total. The second kappa shape index (κ2) is 4.90. The van der Waals surface area contributed by atoms with Crippen LogP contribution in [0.1, 0.15) is 15.2 Å². The van der Waals surface area contributed by atoms with Crippen LogP contribution < -0.4 is 4.74 Å². The van der Waals surface area contributed by atoms with Crippen molar-refractivity contribution in [3.05, 3.63) is 39.7 Å². The molecular formula is C13H11ClO2S. The normalized spacial score (nSPS) is 10.3. The summed E-state index contributed by atoms with van der Waals surface area (Å²) in [6.07, 6.45) is 0.845. The minimum Gasteiger partial charge on any atom is -0.496 e. The third-order valence-corrected chi connectivity index (χ3v) is 3.71. The lowest BCUT2D eigenvalue weighted by atomic mass is 10.1. The van der Waals surface area contributed by atoms with E-state index in [2.05, 4.69) is 0 Å². The van der Waals surface area contributed by atoms with Crippen molar-refractivity contribution in [2.75, 3.05) is 7.11 Å². The highest BCUT2D eigenvalue weighted by Crippen LogP contribution is 2.38. The predicted octanol–water partition coefficient (Wildman–Crippen LogP) is 4.20. The summed E-state index contributed by atoms with van der Waals surface area (Å²) < 4.78 is 5.39. The van der Waals surface area contributed by atoms with Crippen molar-refractivity contribution in [2.24, 2.45) is 0 Å². The van der Waals surface area contributed by atoms with Crippen molar-refractivity contribution in [1.82, 2.24) is 0 Å². The standard InChI is InChI=1S/C13H11ClO2S/c1-8-5-9(14)6-11(13(8)16-2)12-4-3-10(7-15)17-12/h3-7H,1-2H3. The molecule has 4 heteroatoms. The number of carbonyl (C=O) groups is 1. The van der Waals surface area contributed by atoms with E-state index in [0.717, 1.165) is 28.0 Å². The van der Waals surface area contributed by atoms with Crippen LogP contribution in [0, 0.1) is 6.92 Å². The Balaban J connectivity index is 2.60. The van der Waals surface area contributed by atoms with Gasteiger partial charge in [-0.05, 0) is 36.8 Å². The second-order valence-corrected chi connectivity index (χ2v) is 5.18. The number of ether oxygens (including phenoxy) is 1. The molecule has 0 aliphatic heterocycles. The number of carbonyl (C=O) groups excluding carboxylic acids is 1. The number of methoxy groups -OCH3 is 1. The smallest absolute Gasteiger partial charge is 0.160 e. The van der Waals surface area contributed by atoms with E-state index in [4.69, 9.17) is 16.3 Å². The van der Waals surface area contributed by atoms with Crippen molar-refractivity contribution in [1.29, 1.82) is 0 Å². The summed E-state index contributed by atoms with van der Waals surface area (Å²) in [5, 5.41) is 0.666. The average molecular weight is 267 g/mol. The molecule has 2 rings (SSSR count). The fourth-order valence-corrected chi connectivity index (χ4v) is 2.85. The first kappa shape index (κ1) is 12.1. The van der Waals surface area contributed by atoms with Crippen molar-refractivity contribution >= 4 is 29.2 Å². The predicted molar refractivity (Wildman–Crippen MR) is 71.4 cm³/mol. The molecular weight excluding hydrogens is 256 g/mol. The van der Waals surface area contributed by atoms with Gasteiger partial charge >= 0.3 is 0 Å². The van der Waals surface area contributed by atoms with Gasteiger partial charge in [-0.3, -0.25) is 4.79 Å². The van der Waals surface area contributed by atoms with E-state index in [1.807, 2.05) is 25.1 Å². The number of halogens is 1. The molecule has 0 saturated heterocycles. The van der Waals surface area contributed by atoms with Gasteiger partial charge in [0.1, 0.15) is 5.75 Å². The first-order valence-corrected chi connectivity index (χ1v) is 6.24. The molecule has 0 unspecified atom stereocenters. The highest BCUT2D eigenvalue weighted by molar-refractivity contribution is 7.17. The summed E-state index contributed by atoms with van der Waals surface area (Å²) in [4.78, 5) is 12.4. The highest BCUT2D eigenvalue weighted by Gasteiger charge is 2.12. The molecule has 1 heterocycles. The van der Waals surface area contributed by atoms with Crippen LogP contribution in [0.5, 0.6) is 5.75 Å². The van der Waals surface area contributed by atoms with Gasteiger partial charge in [0.2, 0.25) is 0 Å². The Hall–Kier alpha value is -1.32. The fraction of sp³-hybridized carbons (Fsp3) is 0.154. The number of rotatable bonds is 3. The first-order chi connectivity index (χ1) is 8.15. The van der Waals surface area contributed by atoms with E-state index in [-0.39, 0.29) is 0 Å². The van der Waals surface area contributed by atoms with Crippen LogP contribution in [0.15, 0.2) is 24.3 Å². The van der Waals surface area contributed by atoms with Gasteiger partial charge in [0.25, 0.3) is 0 Å². The zero-order valence-electron chi connectivity index (χ0n) is 9.49. The molecule has 0 fully saturated rings. The molecule has 0 saturated carbocycles. The Bertz CT molecular complexity index is 561. The van der Waals surface area contributed by atoms with Crippen LogP contribution >= 0.6 is 22.9 Å². The Morgan fingerprint density at radius 3 is 2.71 bits per heavy atom. The number of benzene rings is 1. The highest BCUT2D eigenvalue weighted by atomic mass is 35.5. The number of hydrogen-bond acceptors (Lipinski definition) is 3. The number of hydrogen-bond donors (Lipinski definition) is 0. The fourth-order valence-electron chi connectivity index (χ4n) is 1.74. The summed E-state index contributed by atoms with van der Waals surface area (Å²) in [6, 6.07) is 7.41. The molecule has 88 valence electrons. The maximum absolute atomic E-state index is 10.7. The van der Waals surface area contributed by atoms with Gasteiger partial charge < -0.3 is 4.74 Å². The van der Waals surface area contributed by atoms with Crippen LogP contribution in [0.25, 0.3) is 10.4 Å². The Morgan fingerprint density at radius 2 is 2.12 bits per heavy atom. The maximum Gasteiger partial charge on any atom is 0.160 e. The van der Waals surface area contributed by atoms with Gasteiger partial charge in [-0.15, -0.1) is 11.3 Å². The van der Waals surface area contributed by atoms with Crippen LogP contribution in [-0.4, -0.2) is 13.4 Å². The second-order valence-electron chi connectivity index (χ2n) is 3.62. The summed E-state index contributed by atoms with van der Waals surface area (Å²) in [7, 11) is 1.63. The van der Waals surface area contributed by atoms with Gasteiger partial charge in [0.15, 0.2) is 6.29 Å². The van der Waals surface area contributed by atoms with E-state index >= 15 is 0 Å². The molecule has 0 radical (unpaired) electrons. The molecule has 0 aliphatic carbocycles. The van der Waals surface area contributed by atoms with Crippen LogP contribution in [0.3, 0.4) is 0 Å². The SMILES string of the molecule is COc1c(C)cc(Cl)cc1-c1ccc(C=O)s1. The average Bonchev–Trinajstić information content (AvgIpc) is 2.76. The quantitative estimate of drug-likeness (QED) is 0.779. The molecule has 0 bridgehead atoms. The van der Waals surface area contributed by atoms with E-state index in [0.29, 0.717) is 9.90 Å².